The van der Waals surface area contributed by atoms with E-state index in [9.17, 15) is 40.7 Å². The lowest BCUT2D eigenvalue weighted by molar-refractivity contribution is -0.374. The number of ether oxygens (including phenoxy) is 5. The first kappa shape index (κ1) is 79.0. The number of hydrogen-bond acceptors (Lipinski definition) is 11. The van der Waals surface area contributed by atoms with Crippen LogP contribution in [0.2, 0.25) is 39.7 Å². The molecule has 0 aliphatic rings. The number of rotatable bonds is 31. The average Bonchev–Trinajstić information content (AvgIpc) is 0.766. The van der Waals surface area contributed by atoms with Crippen molar-refractivity contribution in [1.82, 2.24) is 9.80 Å². The molecule has 0 saturated heterocycles. The van der Waals surface area contributed by atoms with Crippen LogP contribution in [0.1, 0.15) is 125 Å². The van der Waals surface area contributed by atoms with Gasteiger partial charge in [-0.05, 0) is 220 Å². The van der Waals surface area contributed by atoms with E-state index < -0.39 is 74.0 Å². The highest BCUT2D eigenvalue weighted by Gasteiger charge is 2.65. The molecule has 3 unspecified atom stereocenters. The highest BCUT2D eigenvalue weighted by Crippen LogP contribution is 2.43. The molecule has 0 amide bonds. The molecule has 6 aromatic rings. The fourth-order valence-electron chi connectivity index (χ4n) is 10.4. The Morgan fingerprint density at radius 2 is 0.819 bits per heavy atom. The molecular weight excluding hydrogens is 1320 g/mol. The third-order valence-electron chi connectivity index (χ3n) is 14.7. The normalized spacial score (nSPS) is 13.7. The van der Waals surface area contributed by atoms with Crippen LogP contribution >= 0.6 is 46.4 Å². The van der Waals surface area contributed by atoms with Crippen molar-refractivity contribution in [3.05, 3.63) is 199 Å². The molecule has 0 aliphatic heterocycles. The van der Waals surface area contributed by atoms with E-state index in [-0.39, 0.29) is 42.6 Å². The molecule has 0 bridgehead atoms. The van der Waals surface area contributed by atoms with E-state index in [0.717, 1.165) is 92.4 Å². The van der Waals surface area contributed by atoms with Crippen LogP contribution < -0.4 is 9.47 Å². The van der Waals surface area contributed by atoms with Gasteiger partial charge >= 0.3 is 24.3 Å². The number of benzene rings is 6. The Bertz CT molecular complexity index is 3200. The van der Waals surface area contributed by atoms with Crippen molar-refractivity contribution in [1.29, 1.82) is 0 Å². The maximum Gasteiger partial charge on any atom is 0.453 e. The Balaban J connectivity index is 0.000000343. The molecular formula is C72H88Cl4F6N2O9Si. The van der Waals surface area contributed by atoms with Gasteiger partial charge in [0.25, 0.3) is 11.6 Å². The molecule has 0 saturated carbocycles. The minimum absolute atomic E-state index is 0.117. The quantitative estimate of drug-likeness (QED) is 0.0179. The van der Waals surface area contributed by atoms with Gasteiger partial charge in [-0.2, -0.15) is 26.3 Å². The van der Waals surface area contributed by atoms with Crippen LogP contribution in [-0.4, -0.2) is 125 Å². The van der Waals surface area contributed by atoms with Gasteiger partial charge in [0.05, 0.1) is 0 Å². The van der Waals surface area contributed by atoms with E-state index in [1.807, 2.05) is 109 Å². The number of methoxy groups -OCH3 is 1. The summed E-state index contributed by atoms with van der Waals surface area (Å²) in [4.78, 5) is 41.1. The fraction of sp³-hybridized carbons (Fsp3) is 0.458. The molecule has 0 radical (unpaired) electrons. The summed E-state index contributed by atoms with van der Waals surface area (Å²) in [5, 5.41) is 2.72. The number of alkyl halides is 6. The van der Waals surface area contributed by atoms with E-state index in [1.54, 1.807) is 97.6 Å². The van der Waals surface area contributed by atoms with Crippen molar-refractivity contribution >= 4 is 72.4 Å². The number of hydrogen-bond donors (Lipinski definition) is 0. The Kier molecular flexibility index (Phi) is 29.9. The summed E-state index contributed by atoms with van der Waals surface area (Å²) in [6, 6.07) is 45.0. The maximum atomic E-state index is 14.8. The van der Waals surface area contributed by atoms with Crippen molar-refractivity contribution in [2.45, 2.75) is 166 Å². The van der Waals surface area contributed by atoms with Gasteiger partial charge in [0.1, 0.15) is 22.7 Å². The number of carbonyl (C=O) groups is 3. The van der Waals surface area contributed by atoms with Gasteiger partial charge in [-0.1, -0.05) is 119 Å². The molecule has 0 spiro atoms. The molecule has 0 aromatic heterocycles. The zero-order valence-electron chi connectivity index (χ0n) is 55.5. The number of esters is 2. The second-order valence-corrected chi connectivity index (χ2v) is 32.4. The summed E-state index contributed by atoms with van der Waals surface area (Å²) in [5.41, 5.74) is 5.01. The van der Waals surface area contributed by atoms with Crippen LogP contribution in [0.4, 0.5) is 26.3 Å². The lowest BCUT2D eigenvalue weighted by Gasteiger charge is -2.43. The van der Waals surface area contributed by atoms with Crippen molar-refractivity contribution < 1.29 is 68.8 Å². The van der Waals surface area contributed by atoms with E-state index in [1.165, 1.54) is 0 Å². The van der Waals surface area contributed by atoms with Crippen LogP contribution in [0, 0.1) is 0 Å². The van der Waals surface area contributed by atoms with Crippen molar-refractivity contribution in [3.63, 3.8) is 0 Å². The van der Waals surface area contributed by atoms with Gasteiger partial charge in [-0.3, -0.25) is 14.4 Å². The van der Waals surface area contributed by atoms with Crippen LogP contribution in [0.5, 0.6) is 11.5 Å². The van der Waals surface area contributed by atoms with E-state index in [4.69, 9.17) is 74.5 Å². The molecule has 22 heteroatoms. The van der Waals surface area contributed by atoms with Crippen LogP contribution in [-0.2, 0) is 45.9 Å². The number of aryl methyl sites for hydroxylation is 2. The summed E-state index contributed by atoms with van der Waals surface area (Å²) in [6.07, 6.45) is -11.9. The Morgan fingerprint density at radius 1 is 0.489 bits per heavy atom. The lowest BCUT2D eigenvalue weighted by atomic mass is 9.91. The minimum atomic E-state index is -5.09. The number of ketones is 1. The number of halogens is 10. The van der Waals surface area contributed by atoms with Gasteiger partial charge in [0, 0.05) is 77.8 Å². The number of nitrogens with zero attached hydrogens (tertiary/aromatic N) is 2. The first-order valence-electron chi connectivity index (χ1n) is 31.1. The SMILES string of the molecule is CN(CCCc1ccc(OC(CCC(=O)OC(C)(C)C)C(=O)C(F)(F)F)cc1)CC(c1ccc(Cl)cc1)c1ccc(Cl)cc1.COC(O[Si](C)(C)C)(C(CCC(=O)OC(C)(C)C)Oc1ccc(CCCN(C)CC(c2ccc(Cl)cc2)c2ccc(Cl)cc2)cc1)C(F)(F)F. The summed E-state index contributed by atoms with van der Waals surface area (Å²) in [7, 11) is 2.25. The molecule has 3 atom stereocenters. The van der Waals surface area contributed by atoms with E-state index in [2.05, 4.69) is 23.9 Å². The molecule has 0 aliphatic carbocycles. The summed E-state index contributed by atoms with van der Waals surface area (Å²) < 4.78 is 117. The summed E-state index contributed by atoms with van der Waals surface area (Å²) in [5.74, 6) is -5.90. The number of carbonyl (C=O) groups excluding carboxylic acids is 3. The second kappa shape index (κ2) is 35.5. The van der Waals surface area contributed by atoms with Crippen molar-refractivity contribution in [2.24, 2.45) is 0 Å². The largest absolute Gasteiger partial charge is 0.484 e. The molecule has 6 rings (SSSR count). The average molecular weight is 1410 g/mol. The Hall–Kier alpha value is -5.67. The molecule has 514 valence electrons. The zero-order valence-corrected chi connectivity index (χ0v) is 59.5. The summed E-state index contributed by atoms with van der Waals surface area (Å²) in [6.45, 7) is 18.1. The number of Topliss-reactive ketones (excluding diaryl/α,β-unsaturated/α-hetero) is 1. The highest BCUT2D eigenvalue weighted by atomic mass is 35.5. The predicted molar refractivity (Wildman–Crippen MR) is 364 cm³/mol. The minimum Gasteiger partial charge on any atom is -0.484 e. The van der Waals surface area contributed by atoms with Crippen LogP contribution in [0.3, 0.4) is 0 Å². The van der Waals surface area contributed by atoms with Gasteiger partial charge in [-0.25, -0.2) is 0 Å². The number of likely N-dealkylation sites (N-methyl/N-ethyl adjacent to an activating group) is 2. The molecule has 0 fully saturated rings. The van der Waals surface area contributed by atoms with Gasteiger partial charge < -0.3 is 37.9 Å². The van der Waals surface area contributed by atoms with Crippen LogP contribution in [0.25, 0.3) is 0 Å². The third kappa shape index (κ3) is 27.1. The van der Waals surface area contributed by atoms with Crippen LogP contribution in [0.15, 0.2) is 146 Å². The first-order chi connectivity index (χ1) is 43.8. The Labute approximate surface area is 571 Å². The monoisotopic (exact) mass is 1410 g/mol. The lowest BCUT2D eigenvalue weighted by Crippen LogP contribution is -2.63. The van der Waals surface area contributed by atoms with Gasteiger partial charge in [0.2, 0.25) is 0 Å². The second-order valence-electron chi connectivity index (χ2n) is 26.2. The molecule has 0 N–H and O–H groups in total. The van der Waals surface area contributed by atoms with Crippen molar-refractivity contribution in [2.75, 3.05) is 47.4 Å². The standard InChI is InChI=1S/C38H50Cl2F3NO5Si.C34H38Cl2F3NO4/c1-36(2,3)48-35(45)24-23-34(37(46-5,38(41,42)43)49-50(6,7)8)47-32-21-11-27(12-22-32)10-9-25-44(4)26-33(28-13-17-30(39)18-14-28)29-15-19-31(40)20-16-29;1-33(2,3)44-31(41)20-19-30(32(42)34(37,38)39)43-28-17-7-23(8-18-28)6-5-21-40(4)22-29(24-9-13-26(35)14-10-24)25-11-15-27(36)16-12-25/h11-22,33-34H,9-10,23-26H2,1-8H3;7-18,29-30H,5-6,19-22H2,1-4H3. The van der Waals surface area contributed by atoms with E-state index >= 15 is 0 Å². The zero-order chi connectivity index (χ0) is 69.8. The Morgan fingerprint density at radius 3 is 1.12 bits per heavy atom. The van der Waals surface area contributed by atoms with Gasteiger partial charge in [-0.15, -0.1) is 0 Å². The molecule has 6 aromatic carbocycles. The van der Waals surface area contributed by atoms with Gasteiger partial charge in [0.15, 0.2) is 20.5 Å². The van der Waals surface area contributed by atoms with Crippen molar-refractivity contribution in [3.8, 4) is 11.5 Å². The predicted octanol–water partition coefficient (Wildman–Crippen LogP) is 19.0. The fourth-order valence-corrected chi connectivity index (χ4v) is 12.1. The van der Waals surface area contributed by atoms with E-state index in [0.29, 0.717) is 20.1 Å². The smallest absolute Gasteiger partial charge is 0.453 e. The molecule has 0 heterocycles. The maximum absolute atomic E-state index is 14.8. The topological polar surface area (TPSA) is 113 Å². The first-order valence-corrected chi connectivity index (χ1v) is 36.0. The third-order valence-corrected chi connectivity index (χ3v) is 16.6. The molecule has 11 nitrogen and oxygen atoms in total. The highest BCUT2D eigenvalue weighted by molar-refractivity contribution is 6.69. The summed E-state index contributed by atoms with van der Waals surface area (Å²) >= 11 is 24.5. The molecule has 94 heavy (non-hydrogen) atoms.